The van der Waals surface area contributed by atoms with Crippen LogP contribution in [0.4, 0.5) is 11.4 Å². The van der Waals surface area contributed by atoms with Crippen LogP contribution < -0.4 is 15.5 Å². The van der Waals surface area contributed by atoms with E-state index < -0.39 is 0 Å². The zero-order valence-corrected chi connectivity index (χ0v) is 15.9. The first kappa shape index (κ1) is 18.3. The normalized spacial score (nSPS) is 26.1. The Hall–Kier alpha value is -2.09. The molecule has 1 amide bonds. The average Bonchev–Trinajstić information content (AvgIpc) is 3.27. The van der Waals surface area contributed by atoms with Crippen LogP contribution in [0.3, 0.4) is 0 Å². The molecule has 2 atom stereocenters. The lowest BCUT2D eigenvalue weighted by molar-refractivity contribution is -0.113. The van der Waals surface area contributed by atoms with Crippen molar-refractivity contribution in [3.63, 3.8) is 0 Å². The molecule has 1 aromatic carbocycles. The van der Waals surface area contributed by atoms with Gasteiger partial charge in [0, 0.05) is 37.6 Å². The lowest BCUT2D eigenvalue weighted by atomic mass is 10.0. The van der Waals surface area contributed by atoms with Gasteiger partial charge in [0.05, 0.1) is 49.4 Å². The van der Waals surface area contributed by atoms with Gasteiger partial charge in [-0.2, -0.15) is 0 Å². The number of fused-ring (bicyclic) bond motifs is 1. The number of rotatable bonds is 5. The van der Waals surface area contributed by atoms with Gasteiger partial charge in [0.1, 0.15) is 0 Å². The zero-order chi connectivity index (χ0) is 18.8. The van der Waals surface area contributed by atoms with Gasteiger partial charge in [-0.3, -0.25) is 4.79 Å². The maximum absolute atomic E-state index is 13.4. The van der Waals surface area contributed by atoms with E-state index in [4.69, 9.17) is 14.2 Å². The Morgan fingerprint density at radius 3 is 2.96 bits per heavy atom. The number of hydrogen-bond donors (Lipinski definition) is 2. The highest BCUT2D eigenvalue weighted by atomic mass is 16.5. The quantitative estimate of drug-likeness (QED) is 0.764. The fraction of sp³-hybridized carbons (Fsp3) is 0.550. The van der Waals surface area contributed by atoms with Gasteiger partial charge in [0.2, 0.25) is 0 Å². The molecule has 3 heterocycles. The number of carbonyl (C=O) groups excluding carboxylic acids is 1. The third kappa shape index (κ3) is 3.54. The van der Waals surface area contributed by atoms with E-state index in [9.17, 15) is 4.79 Å². The molecule has 2 unspecified atom stereocenters. The van der Waals surface area contributed by atoms with Crippen molar-refractivity contribution < 1.29 is 19.0 Å². The predicted octanol–water partition coefficient (Wildman–Crippen LogP) is 1.60. The van der Waals surface area contributed by atoms with E-state index >= 15 is 0 Å². The van der Waals surface area contributed by atoms with E-state index in [2.05, 4.69) is 23.6 Å². The number of morpholine rings is 1. The Balaban J connectivity index is 1.73. The average molecular weight is 373 g/mol. The highest BCUT2D eigenvalue weighted by molar-refractivity contribution is 6.33. The summed E-state index contributed by atoms with van der Waals surface area (Å²) in [4.78, 5) is 15.3. The van der Waals surface area contributed by atoms with Gasteiger partial charge in [-0.05, 0) is 31.5 Å². The number of ether oxygens (including phenoxy) is 3. The minimum absolute atomic E-state index is 0.0376. The second-order valence-corrected chi connectivity index (χ2v) is 7.26. The maximum Gasteiger partial charge on any atom is 0.261 e. The molecule has 3 aliphatic heterocycles. The molecule has 1 aromatic rings. The Morgan fingerprint density at radius 1 is 1.37 bits per heavy atom. The van der Waals surface area contributed by atoms with Crippen LogP contribution >= 0.6 is 0 Å². The molecule has 7 nitrogen and oxygen atoms in total. The Kier molecular flexibility index (Phi) is 5.33. The minimum Gasteiger partial charge on any atom is -0.383 e. The molecule has 146 valence electrons. The lowest BCUT2D eigenvalue weighted by Gasteiger charge is -2.24. The summed E-state index contributed by atoms with van der Waals surface area (Å²) in [7, 11) is 1.69. The van der Waals surface area contributed by atoms with Crippen LogP contribution in [-0.2, 0) is 19.0 Å². The summed E-state index contributed by atoms with van der Waals surface area (Å²) in [5.74, 6) is 0.0376. The molecule has 7 heteroatoms. The van der Waals surface area contributed by atoms with Gasteiger partial charge < -0.3 is 29.7 Å². The van der Waals surface area contributed by atoms with Crippen molar-refractivity contribution in [2.75, 3.05) is 56.9 Å². The van der Waals surface area contributed by atoms with Crippen molar-refractivity contribution in [2.24, 2.45) is 0 Å². The van der Waals surface area contributed by atoms with Crippen LogP contribution in [0.5, 0.6) is 0 Å². The zero-order valence-electron chi connectivity index (χ0n) is 15.9. The summed E-state index contributed by atoms with van der Waals surface area (Å²) >= 11 is 0. The SMILES string of the molecule is COCC(C)Nc1ccc2c(c1)/C(=C1\COCCN1)C(=O)N2C1CCOC1. The van der Waals surface area contributed by atoms with Crippen LogP contribution in [0.25, 0.3) is 5.57 Å². The lowest BCUT2D eigenvalue weighted by Crippen LogP contribution is -2.39. The predicted molar refractivity (Wildman–Crippen MR) is 104 cm³/mol. The Bertz CT molecular complexity index is 735. The number of methoxy groups -OCH3 is 1. The van der Waals surface area contributed by atoms with Crippen molar-refractivity contribution in [1.82, 2.24) is 5.32 Å². The standard InChI is InChI=1S/C20H27N3O4/c1-13(10-25-2)22-14-3-4-18-16(9-14)19(17-12-27-8-6-21-17)20(24)23(18)15-5-7-26-11-15/h3-4,9,13,15,21-22H,5-8,10-12H2,1-2H3/b19-17-. The number of carbonyl (C=O) groups is 1. The molecule has 0 aliphatic carbocycles. The van der Waals surface area contributed by atoms with Crippen molar-refractivity contribution in [3.05, 3.63) is 29.5 Å². The van der Waals surface area contributed by atoms with Gasteiger partial charge in [0.15, 0.2) is 0 Å². The topological polar surface area (TPSA) is 72.1 Å². The molecular weight excluding hydrogens is 346 g/mol. The van der Waals surface area contributed by atoms with Gasteiger partial charge >= 0.3 is 0 Å². The summed E-state index contributed by atoms with van der Waals surface area (Å²) in [5, 5.41) is 6.80. The van der Waals surface area contributed by atoms with Crippen molar-refractivity contribution in [2.45, 2.75) is 25.4 Å². The first-order valence-corrected chi connectivity index (χ1v) is 9.55. The molecule has 0 saturated carbocycles. The van der Waals surface area contributed by atoms with Crippen molar-refractivity contribution >= 4 is 22.9 Å². The number of benzene rings is 1. The molecular formula is C20H27N3O4. The summed E-state index contributed by atoms with van der Waals surface area (Å²) in [6.07, 6.45) is 0.864. The van der Waals surface area contributed by atoms with E-state index in [0.29, 0.717) is 33.0 Å². The number of amides is 1. The largest absolute Gasteiger partial charge is 0.383 e. The maximum atomic E-state index is 13.4. The first-order chi connectivity index (χ1) is 13.2. The molecule has 2 fully saturated rings. The number of anilines is 2. The van der Waals surface area contributed by atoms with E-state index in [1.807, 2.05) is 17.0 Å². The molecule has 2 N–H and O–H groups in total. The molecule has 0 radical (unpaired) electrons. The smallest absolute Gasteiger partial charge is 0.261 e. The van der Waals surface area contributed by atoms with Crippen LogP contribution in [0.2, 0.25) is 0 Å². The minimum atomic E-state index is 0.0376. The fourth-order valence-corrected chi connectivity index (χ4v) is 4.00. The summed E-state index contributed by atoms with van der Waals surface area (Å²) in [5.41, 5.74) is 4.48. The molecule has 0 bridgehead atoms. The summed E-state index contributed by atoms with van der Waals surface area (Å²) < 4.78 is 16.3. The first-order valence-electron chi connectivity index (χ1n) is 9.55. The third-order valence-corrected chi connectivity index (χ3v) is 5.19. The van der Waals surface area contributed by atoms with Crippen LogP contribution in [-0.4, -0.2) is 64.7 Å². The highest BCUT2D eigenvalue weighted by Gasteiger charge is 2.40. The molecule has 2 saturated heterocycles. The molecule has 27 heavy (non-hydrogen) atoms. The molecule has 4 rings (SSSR count). The van der Waals surface area contributed by atoms with E-state index in [0.717, 1.165) is 41.2 Å². The van der Waals surface area contributed by atoms with Gasteiger partial charge in [-0.1, -0.05) is 0 Å². The Morgan fingerprint density at radius 2 is 2.26 bits per heavy atom. The van der Waals surface area contributed by atoms with E-state index in [1.165, 1.54) is 0 Å². The van der Waals surface area contributed by atoms with Gasteiger partial charge in [-0.15, -0.1) is 0 Å². The Labute approximate surface area is 159 Å². The number of nitrogens with one attached hydrogen (secondary N) is 2. The van der Waals surface area contributed by atoms with E-state index in [-0.39, 0.29) is 18.0 Å². The highest BCUT2D eigenvalue weighted by Crippen LogP contribution is 2.42. The fourth-order valence-electron chi connectivity index (χ4n) is 4.00. The van der Waals surface area contributed by atoms with Crippen LogP contribution in [0.15, 0.2) is 23.9 Å². The van der Waals surface area contributed by atoms with Crippen LogP contribution in [0, 0.1) is 0 Å². The van der Waals surface area contributed by atoms with Crippen molar-refractivity contribution in [1.29, 1.82) is 0 Å². The summed E-state index contributed by atoms with van der Waals surface area (Å²) in [6.45, 7) is 5.79. The summed E-state index contributed by atoms with van der Waals surface area (Å²) in [6, 6.07) is 6.39. The number of nitrogens with zero attached hydrogens (tertiary/aromatic N) is 1. The van der Waals surface area contributed by atoms with Crippen molar-refractivity contribution in [3.8, 4) is 0 Å². The third-order valence-electron chi connectivity index (χ3n) is 5.19. The van der Waals surface area contributed by atoms with Crippen LogP contribution in [0.1, 0.15) is 18.9 Å². The molecule has 0 spiro atoms. The molecule has 0 aromatic heterocycles. The molecule has 3 aliphatic rings. The monoisotopic (exact) mass is 373 g/mol. The second kappa shape index (κ2) is 7.88. The van der Waals surface area contributed by atoms with Gasteiger partial charge in [-0.25, -0.2) is 0 Å². The second-order valence-electron chi connectivity index (χ2n) is 7.26. The van der Waals surface area contributed by atoms with Gasteiger partial charge in [0.25, 0.3) is 5.91 Å². The number of hydrogen-bond acceptors (Lipinski definition) is 6. The van der Waals surface area contributed by atoms with E-state index in [1.54, 1.807) is 7.11 Å².